The number of nitrogens with one attached hydrogen (secondary N) is 2. The fourth-order valence-electron chi connectivity index (χ4n) is 2.47. The molecule has 3 aromatic rings. The van der Waals surface area contributed by atoms with E-state index >= 15 is 0 Å². The Morgan fingerprint density at radius 1 is 0.815 bits per heavy atom. The summed E-state index contributed by atoms with van der Waals surface area (Å²) in [5.74, 6) is 1.26. The summed E-state index contributed by atoms with van der Waals surface area (Å²) >= 11 is 0. The van der Waals surface area contributed by atoms with Crippen molar-refractivity contribution in [3.8, 4) is 11.5 Å². The van der Waals surface area contributed by atoms with Crippen LogP contribution in [0.3, 0.4) is 0 Å². The van der Waals surface area contributed by atoms with Crippen molar-refractivity contribution >= 4 is 23.1 Å². The van der Waals surface area contributed by atoms with Crippen LogP contribution in [-0.4, -0.2) is 18.2 Å². The fourth-order valence-corrected chi connectivity index (χ4v) is 2.47. The first kappa shape index (κ1) is 18.2. The number of rotatable bonds is 7. The van der Waals surface area contributed by atoms with E-state index in [1.165, 1.54) is 6.92 Å². The molecule has 0 aliphatic heterocycles. The summed E-state index contributed by atoms with van der Waals surface area (Å²) in [7, 11) is 0. The monoisotopic (exact) mass is 360 g/mol. The number of para-hydroxylation sites is 1. The van der Waals surface area contributed by atoms with E-state index in [4.69, 9.17) is 4.74 Å². The van der Waals surface area contributed by atoms with E-state index in [2.05, 4.69) is 10.6 Å². The summed E-state index contributed by atoms with van der Waals surface area (Å²) in [6, 6.07) is 23.7. The first-order valence-corrected chi connectivity index (χ1v) is 8.58. The van der Waals surface area contributed by atoms with Crippen molar-refractivity contribution in [1.29, 1.82) is 0 Å². The third-order valence-corrected chi connectivity index (χ3v) is 3.84. The van der Waals surface area contributed by atoms with Gasteiger partial charge in [0, 0.05) is 16.9 Å². The number of hydrogen-bond donors (Lipinski definition) is 2. The number of anilines is 2. The van der Waals surface area contributed by atoms with Gasteiger partial charge >= 0.3 is 0 Å². The normalized spacial score (nSPS) is 10.1. The van der Waals surface area contributed by atoms with Crippen molar-refractivity contribution in [3.63, 3.8) is 0 Å². The highest BCUT2D eigenvalue weighted by Gasteiger charge is 2.05. The van der Waals surface area contributed by atoms with E-state index in [9.17, 15) is 9.59 Å². The van der Waals surface area contributed by atoms with Crippen LogP contribution in [-0.2, 0) is 4.79 Å². The molecule has 0 aliphatic rings. The van der Waals surface area contributed by atoms with E-state index < -0.39 is 0 Å². The minimum atomic E-state index is -0.181. The molecule has 0 fully saturated rings. The second-order valence-corrected chi connectivity index (χ2v) is 5.98. The second kappa shape index (κ2) is 8.67. The van der Waals surface area contributed by atoms with E-state index in [1.54, 1.807) is 42.5 Å². The molecule has 3 aromatic carbocycles. The maximum absolute atomic E-state index is 12.1. The average Bonchev–Trinajstić information content (AvgIpc) is 2.69. The summed E-state index contributed by atoms with van der Waals surface area (Å²) in [5, 5.41) is 5.83. The lowest BCUT2D eigenvalue weighted by Gasteiger charge is -2.10. The molecule has 27 heavy (non-hydrogen) atoms. The highest BCUT2D eigenvalue weighted by atomic mass is 16.5. The fraction of sp³-hybridized carbons (Fsp3) is 0.0909. The summed E-state index contributed by atoms with van der Waals surface area (Å²) < 4.78 is 5.72. The van der Waals surface area contributed by atoms with Crippen molar-refractivity contribution in [1.82, 2.24) is 0 Å². The summed E-state index contributed by atoms with van der Waals surface area (Å²) in [4.78, 5) is 23.5. The Bertz CT molecular complexity index is 922. The van der Waals surface area contributed by atoms with Gasteiger partial charge in [-0.25, -0.2) is 0 Å². The number of amides is 1. The third kappa shape index (κ3) is 5.44. The number of Topliss-reactive ketones (excluding diaryl/α,β-unsaturated/α-hetero) is 1. The summed E-state index contributed by atoms with van der Waals surface area (Å²) in [5.41, 5.74) is 2.01. The Kier molecular flexibility index (Phi) is 5.84. The lowest BCUT2D eigenvalue weighted by molar-refractivity contribution is -0.114. The first-order chi connectivity index (χ1) is 13.1. The first-order valence-electron chi connectivity index (χ1n) is 8.58. The molecule has 3 rings (SSSR count). The van der Waals surface area contributed by atoms with Crippen LogP contribution in [0, 0.1) is 0 Å². The molecule has 0 radical (unpaired) electrons. The van der Waals surface area contributed by atoms with Crippen molar-refractivity contribution in [2.75, 3.05) is 17.2 Å². The Hall–Kier alpha value is -3.60. The third-order valence-electron chi connectivity index (χ3n) is 3.84. The van der Waals surface area contributed by atoms with Crippen LogP contribution in [0.15, 0.2) is 78.9 Å². The summed E-state index contributed by atoms with van der Waals surface area (Å²) in [6.07, 6.45) is 0. The zero-order chi connectivity index (χ0) is 19.1. The van der Waals surface area contributed by atoms with E-state index in [1.807, 2.05) is 36.4 Å². The van der Waals surface area contributed by atoms with Crippen molar-refractivity contribution < 1.29 is 14.3 Å². The molecule has 0 heterocycles. The maximum Gasteiger partial charge on any atom is 0.243 e. The molecule has 5 heteroatoms. The van der Waals surface area contributed by atoms with Crippen LogP contribution in [0.2, 0.25) is 0 Å². The van der Waals surface area contributed by atoms with Crippen LogP contribution < -0.4 is 15.4 Å². The van der Waals surface area contributed by atoms with Gasteiger partial charge in [0.1, 0.15) is 11.5 Å². The molecule has 0 unspecified atom stereocenters. The Balaban J connectivity index is 1.52. The van der Waals surface area contributed by atoms with Crippen molar-refractivity contribution in [3.05, 3.63) is 84.4 Å². The zero-order valence-electron chi connectivity index (χ0n) is 14.9. The molecule has 0 bridgehead atoms. The number of carbonyl (C=O) groups excluding carboxylic acids is 2. The highest BCUT2D eigenvalue weighted by Crippen LogP contribution is 2.22. The molecule has 2 N–H and O–H groups in total. The van der Waals surface area contributed by atoms with Gasteiger partial charge in [-0.1, -0.05) is 30.3 Å². The smallest absolute Gasteiger partial charge is 0.243 e. The molecular formula is C22H20N2O3. The molecule has 0 spiro atoms. The molecule has 0 aromatic heterocycles. The molecule has 5 nitrogen and oxygen atoms in total. The van der Waals surface area contributed by atoms with Gasteiger partial charge in [-0.15, -0.1) is 0 Å². The van der Waals surface area contributed by atoms with Crippen LogP contribution in [0.1, 0.15) is 17.3 Å². The minimum absolute atomic E-state index is 0.0130. The van der Waals surface area contributed by atoms with Crippen LogP contribution in [0.5, 0.6) is 11.5 Å². The van der Waals surface area contributed by atoms with Gasteiger partial charge in [-0.3, -0.25) is 9.59 Å². The Labute approximate surface area is 158 Å². The number of ether oxygens (including phenoxy) is 1. The van der Waals surface area contributed by atoms with Gasteiger partial charge in [-0.2, -0.15) is 0 Å². The van der Waals surface area contributed by atoms with Gasteiger partial charge < -0.3 is 15.4 Å². The highest BCUT2D eigenvalue weighted by molar-refractivity contribution is 5.96. The topological polar surface area (TPSA) is 67.4 Å². The number of ketones is 1. The van der Waals surface area contributed by atoms with E-state index in [0.717, 1.165) is 11.4 Å². The quantitative estimate of drug-likeness (QED) is 0.598. The van der Waals surface area contributed by atoms with Gasteiger partial charge in [-0.05, 0) is 55.5 Å². The number of benzene rings is 3. The predicted molar refractivity (Wildman–Crippen MR) is 107 cm³/mol. The standard InChI is InChI=1S/C22H20N2O3/c1-16(25)17-6-5-7-19(14-17)23-15-22(26)24-18-10-12-21(13-11-18)27-20-8-3-2-4-9-20/h2-14,23H,15H2,1H3,(H,24,26). The number of hydrogen-bond acceptors (Lipinski definition) is 4. The molecule has 0 saturated heterocycles. The van der Waals surface area contributed by atoms with Gasteiger partial charge in [0.2, 0.25) is 5.91 Å². The summed E-state index contributed by atoms with van der Waals surface area (Å²) in [6.45, 7) is 1.61. The Morgan fingerprint density at radius 3 is 2.22 bits per heavy atom. The van der Waals surface area contributed by atoms with Gasteiger partial charge in [0.25, 0.3) is 0 Å². The lowest BCUT2D eigenvalue weighted by atomic mass is 10.1. The Morgan fingerprint density at radius 2 is 1.52 bits per heavy atom. The molecule has 0 atom stereocenters. The second-order valence-electron chi connectivity index (χ2n) is 5.98. The molecular weight excluding hydrogens is 340 g/mol. The molecule has 136 valence electrons. The molecule has 1 amide bonds. The van der Waals surface area contributed by atoms with E-state index in [-0.39, 0.29) is 18.2 Å². The van der Waals surface area contributed by atoms with Crippen LogP contribution in [0.4, 0.5) is 11.4 Å². The SMILES string of the molecule is CC(=O)c1cccc(NCC(=O)Nc2ccc(Oc3ccccc3)cc2)c1. The molecule has 0 saturated carbocycles. The largest absolute Gasteiger partial charge is 0.457 e. The van der Waals surface area contributed by atoms with E-state index in [0.29, 0.717) is 17.0 Å². The van der Waals surface area contributed by atoms with Gasteiger partial charge in [0.15, 0.2) is 5.78 Å². The van der Waals surface area contributed by atoms with Gasteiger partial charge in [0.05, 0.1) is 6.54 Å². The number of carbonyl (C=O) groups is 2. The molecule has 0 aliphatic carbocycles. The van der Waals surface area contributed by atoms with Crippen LogP contribution >= 0.6 is 0 Å². The van der Waals surface area contributed by atoms with Crippen molar-refractivity contribution in [2.24, 2.45) is 0 Å². The lowest BCUT2D eigenvalue weighted by Crippen LogP contribution is -2.21. The zero-order valence-corrected chi connectivity index (χ0v) is 14.9. The van der Waals surface area contributed by atoms with Crippen molar-refractivity contribution in [2.45, 2.75) is 6.92 Å². The maximum atomic E-state index is 12.1. The van der Waals surface area contributed by atoms with Crippen LogP contribution in [0.25, 0.3) is 0 Å². The minimum Gasteiger partial charge on any atom is -0.457 e. The average molecular weight is 360 g/mol. The predicted octanol–water partition coefficient (Wildman–Crippen LogP) is 4.73.